The van der Waals surface area contributed by atoms with Crippen LogP contribution in [0.1, 0.15) is 87.4 Å². The molecule has 3 rings (SSSR count). The predicted octanol–water partition coefficient (Wildman–Crippen LogP) is 7.18. The monoisotopic (exact) mass is 492 g/mol. The summed E-state index contributed by atoms with van der Waals surface area (Å²) in [4.78, 5) is 12.9. The Balaban J connectivity index is 1.69. The molecule has 1 atom stereocenters. The zero-order chi connectivity index (χ0) is 26.4. The maximum Gasteiger partial charge on any atom is 0.174 e. The average molecular weight is 493 g/mol. The van der Waals surface area contributed by atoms with E-state index in [2.05, 4.69) is 32.9 Å². The first-order valence-corrected chi connectivity index (χ1v) is 12.3. The number of aromatic hydroxyl groups is 4. The molecule has 0 amide bonds. The zero-order valence-corrected chi connectivity index (χ0v) is 21.5. The van der Waals surface area contributed by atoms with Gasteiger partial charge in [-0.2, -0.15) is 0 Å². The Hall–Kier alpha value is -3.67. The van der Waals surface area contributed by atoms with Gasteiger partial charge in [0.2, 0.25) is 0 Å². The molecule has 1 unspecified atom stereocenters. The number of phenols is 4. The average Bonchev–Trinajstić information content (AvgIpc) is 2.77. The molecule has 0 radical (unpaired) electrons. The molecule has 1 heterocycles. The van der Waals surface area contributed by atoms with Crippen LogP contribution in [0.25, 0.3) is 0 Å². The minimum absolute atomic E-state index is 0.0457. The molecule has 0 bridgehead atoms. The Kier molecular flexibility index (Phi) is 8.86. The first kappa shape index (κ1) is 26.9. The Bertz CT molecular complexity index is 1190. The molecular weight excluding hydrogens is 456 g/mol. The van der Waals surface area contributed by atoms with Crippen LogP contribution < -0.4 is 4.74 Å². The number of hydrogen-bond donors (Lipinski definition) is 4. The number of carbonyl (C=O) groups excluding carboxylic acids is 1. The van der Waals surface area contributed by atoms with Crippen LogP contribution in [0, 0.1) is 0 Å². The summed E-state index contributed by atoms with van der Waals surface area (Å²) < 4.78 is 5.87. The van der Waals surface area contributed by atoms with E-state index in [1.165, 1.54) is 35.4 Å². The van der Waals surface area contributed by atoms with Gasteiger partial charge < -0.3 is 25.2 Å². The van der Waals surface area contributed by atoms with Crippen molar-refractivity contribution in [1.29, 1.82) is 0 Å². The van der Waals surface area contributed by atoms with Crippen molar-refractivity contribution in [2.75, 3.05) is 0 Å². The molecule has 1 aliphatic rings. The van der Waals surface area contributed by atoms with Crippen molar-refractivity contribution >= 4 is 5.78 Å². The van der Waals surface area contributed by atoms with Crippen LogP contribution in [-0.4, -0.2) is 26.2 Å². The van der Waals surface area contributed by atoms with E-state index in [1.54, 1.807) is 0 Å². The number of rotatable bonds is 9. The van der Waals surface area contributed by atoms with E-state index in [1.807, 2.05) is 13.0 Å². The fourth-order valence-electron chi connectivity index (χ4n) is 4.31. The molecule has 4 N–H and O–H groups in total. The molecule has 6 nitrogen and oxygen atoms in total. The topological polar surface area (TPSA) is 107 Å². The van der Waals surface area contributed by atoms with Gasteiger partial charge in [0.15, 0.2) is 5.78 Å². The molecular formula is C30H36O6. The number of phenolic OH excluding ortho intramolecular Hbond substituents is 4. The molecule has 0 saturated heterocycles. The second-order valence-electron chi connectivity index (χ2n) is 9.78. The van der Waals surface area contributed by atoms with Gasteiger partial charge >= 0.3 is 0 Å². The van der Waals surface area contributed by atoms with Gasteiger partial charge in [-0.15, -0.1) is 0 Å². The minimum Gasteiger partial charge on any atom is -0.508 e. The molecule has 36 heavy (non-hydrogen) atoms. The number of ketones is 1. The Morgan fingerprint density at radius 3 is 2.14 bits per heavy atom. The minimum atomic E-state index is -0.756. The van der Waals surface area contributed by atoms with Crippen molar-refractivity contribution in [3.63, 3.8) is 0 Å². The van der Waals surface area contributed by atoms with Crippen LogP contribution in [0.4, 0.5) is 0 Å². The second kappa shape index (κ2) is 11.8. The fourth-order valence-corrected chi connectivity index (χ4v) is 4.31. The highest BCUT2D eigenvalue weighted by molar-refractivity contribution is 6.03. The summed E-state index contributed by atoms with van der Waals surface area (Å²) in [6.45, 7) is 8.37. The van der Waals surface area contributed by atoms with Gasteiger partial charge in [-0.1, -0.05) is 34.9 Å². The quantitative estimate of drug-likeness (QED) is 0.276. The summed E-state index contributed by atoms with van der Waals surface area (Å²) in [5, 5.41) is 40.9. The number of benzene rings is 2. The predicted molar refractivity (Wildman–Crippen MR) is 141 cm³/mol. The van der Waals surface area contributed by atoms with Crippen LogP contribution in [0.5, 0.6) is 28.7 Å². The Morgan fingerprint density at radius 1 is 0.889 bits per heavy atom. The molecule has 0 fully saturated rings. The highest BCUT2D eigenvalue weighted by Crippen LogP contribution is 2.45. The van der Waals surface area contributed by atoms with Crippen LogP contribution in [0.2, 0.25) is 0 Å². The largest absolute Gasteiger partial charge is 0.508 e. The van der Waals surface area contributed by atoms with Gasteiger partial charge in [-0.05, 0) is 71.9 Å². The number of carbonyl (C=O) groups is 1. The molecule has 2 aromatic rings. The van der Waals surface area contributed by atoms with Gasteiger partial charge in [0.1, 0.15) is 40.4 Å². The summed E-state index contributed by atoms with van der Waals surface area (Å²) in [6.07, 6.45) is 9.81. The van der Waals surface area contributed by atoms with E-state index < -0.39 is 6.10 Å². The number of Topliss-reactive ketones (excluding diaryl/α,β-unsaturated/α-hetero) is 1. The lowest BCUT2D eigenvalue weighted by atomic mass is 9.92. The third-order valence-corrected chi connectivity index (χ3v) is 6.34. The third-order valence-electron chi connectivity index (χ3n) is 6.34. The van der Waals surface area contributed by atoms with Crippen molar-refractivity contribution in [2.45, 2.75) is 72.3 Å². The third kappa shape index (κ3) is 6.94. The van der Waals surface area contributed by atoms with Crippen LogP contribution in [0.3, 0.4) is 0 Å². The second-order valence-corrected chi connectivity index (χ2v) is 9.78. The summed E-state index contributed by atoms with van der Waals surface area (Å²) in [5.74, 6) is -0.984. The van der Waals surface area contributed by atoms with E-state index in [4.69, 9.17) is 4.74 Å². The first-order chi connectivity index (χ1) is 17.0. The van der Waals surface area contributed by atoms with Crippen molar-refractivity contribution in [3.05, 3.63) is 75.9 Å². The lowest BCUT2D eigenvalue weighted by molar-refractivity contribution is 0.0843. The number of ether oxygens (including phenoxy) is 1. The molecule has 0 saturated carbocycles. The van der Waals surface area contributed by atoms with Crippen LogP contribution in [-0.2, 0) is 6.42 Å². The van der Waals surface area contributed by atoms with E-state index in [0.29, 0.717) is 5.56 Å². The van der Waals surface area contributed by atoms with E-state index in [9.17, 15) is 25.2 Å². The summed E-state index contributed by atoms with van der Waals surface area (Å²) in [6, 6.07) is 5.35. The smallest absolute Gasteiger partial charge is 0.174 e. The molecule has 0 aromatic heterocycles. The lowest BCUT2D eigenvalue weighted by Gasteiger charge is -2.27. The fraction of sp³-hybridized carbons (Fsp3) is 0.367. The zero-order valence-electron chi connectivity index (χ0n) is 21.5. The maximum atomic E-state index is 12.9. The lowest BCUT2D eigenvalue weighted by Crippen LogP contribution is -2.21. The van der Waals surface area contributed by atoms with Crippen molar-refractivity contribution in [1.82, 2.24) is 0 Å². The summed E-state index contributed by atoms with van der Waals surface area (Å²) in [7, 11) is 0. The van der Waals surface area contributed by atoms with Gasteiger partial charge in [0.05, 0.1) is 6.42 Å². The van der Waals surface area contributed by atoms with Gasteiger partial charge in [0.25, 0.3) is 0 Å². The maximum absolute atomic E-state index is 12.9. The highest BCUT2D eigenvalue weighted by atomic mass is 16.5. The van der Waals surface area contributed by atoms with Gasteiger partial charge in [-0.25, -0.2) is 0 Å². The number of hydrogen-bond acceptors (Lipinski definition) is 6. The normalized spacial score (nSPS) is 15.9. The van der Waals surface area contributed by atoms with Gasteiger partial charge in [-0.3, -0.25) is 4.79 Å². The molecule has 6 heteroatoms. The van der Waals surface area contributed by atoms with Crippen LogP contribution in [0.15, 0.2) is 59.2 Å². The highest BCUT2D eigenvalue weighted by Gasteiger charge is 2.33. The number of allylic oxidation sites excluding steroid dienone is 6. The van der Waals surface area contributed by atoms with Crippen molar-refractivity contribution in [3.8, 4) is 28.7 Å². The summed E-state index contributed by atoms with van der Waals surface area (Å²) in [5.41, 5.74) is 4.58. The Morgan fingerprint density at radius 2 is 1.50 bits per heavy atom. The van der Waals surface area contributed by atoms with Crippen molar-refractivity contribution in [2.24, 2.45) is 0 Å². The standard InChI is InChI=1S/C30H36O6/c1-18(2)7-5-8-19(3)9-6-10-20(4)11-12-24-25(33)16-28-29(30(24)35)26(34)17-27(36-28)21-13-22(31)15-23(32)14-21/h7,9,11,13-16,27,31-33,35H,5-6,8,10,12,17H2,1-4H3. The van der Waals surface area contributed by atoms with E-state index in [0.717, 1.165) is 31.3 Å². The van der Waals surface area contributed by atoms with Gasteiger partial charge in [0, 0.05) is 23.3 Å². The first-order valence-electron chi connectivity index (χ1n) is 12.3. The molecule has 192 valence electrons. The molecule has 1 aliphatic heterocycles. The SMILES string of the molecule is CC(C)=CCCC(C)=CCCC(C)=CCc1c(O)cc2c(c1O)C(=O)CC(c1cc(O)cc(O)c1)O2. The van der Waals surface area contributed by atoms with E-state index in [-0.39, 0.29) is 58.5 Å². The Labute approximate surface area is 212 Å². The number of fused-ring (bicyclic) bond motifs is 1. The molecule has 0 spiro atoms. The van der Waals surface area contributed by atoms with Crippen LogP contribution >= 0.6 is 0 Å². The van der Waals surface area contributed by atoms with E-state index >= 15 is 0 Å². The molecule has 0 aliphatic carbocycles. The molecule has 2 aromatic carbocycles. The van der Waals surface area contributed by atoms with Crippen molar-refractivity contribution < 1.29 is 30.0 Å². The summed E-state index contributed by atoms with van der Waals surface area (Å²) >= 11 is 0.